The third kappa shape index (κ3) is 5.75. The molecule has 2 aromatic carbocycles. The number of carbonyl (C=O) groups excluding carboxylic acids is 3. The molecule has 2 amide bonds. The maximum absolute atomic E-state index is 13.9. The Hall–Kier alpha value is -4.57. The van der Waals surface area contributed by atoms with Crippen LogP contribution in [0.15, 0.2) is 78.3 Å². The highest BCUT2D eigenvalue weighted by Crippen LogP contribution is 2.40. The van der Waals surface area contributed by atoms with E-state index >= 15 is 0 Å². The average molecular weight is 582 g/mol. The Bertz CT molecular complexity index is 1600. The van der Waals surface area contributed by atoms with E-state index in [0.29, 0.717) is 46.5 Å². The summed E-state index contributed by atoms with van der Waals surface area (Å²) in [5.74, 6) is 0.604. The molecule has 1 saturated heterocycles. The van der Waals surface area contributed by atoms with E-state index in [1.54, 1.807) is 28.6 Å². The van der Waals surface area contributed by atoms with Gasteiger partial charge in [-0.05, 0) is 43.0 Å². The highest BCUT2D eigenvalue weighted by atomic mass is 32.1. The fourth-order valence-corrected chi connectivity index (χ4v) is 6.34. The predicted molar refractivity (Wildman–Crippen MR) is 160 cm³/mol. The van der Waals surface area contributed by atoms with E-state index in [-0.39, 0.29) is 18.4 Å². The molecule has 9 nitrogen and oxygen atoms in total. The van der Waals surface area contributed by atoms with Gasteiger partial charge in [0.2, 0.25) is 0 Å². The second-order valence-corrected chi connectivity index (χ2v) is 11.4. The lowest BCUT2D eigenvalue weighted by atomic mass is 9.96. The molecule has 10 heteroatoms. The zero-order valence-corrected chi connectivity index (χ0v) is 24.0. The average Bonchev–Trinajstić information content (AvgIpc) is 3.47. The second-order valence-electron chi connectivity index (χ2n) is 10.5. The molecule has 0 bridgehead atoms. The molecule has 2 aromatic heterocycles. The number of anilines is 2. The smallest absolute Gasteiger partial charge is 0.303 e. The second kappa shape index (κ2) is 12.1. The normalized spacial score (nSPS) is 16.8. The summed E-state index contributed by atoms with van der Waals surface area (Å²) >= 11 is 1.36. The summed E-state index contributed by atoms with van der Waals surface area (Å²) in [5.41, 5.74) is 2.87. The quantitative estimate of drug-likeness (QED) is 0.295. The van der Waals surface area contributed by atoms with Gasteiger partial charge in [-0.15, -0.1) is 11.3 Å². The number of benzene rings is 2. The van der Waals surface area contributed by atoms with Crippen LogP contribution in [0.25, 0.3) is 0 Å². The first-order chi connectivity index (χ1) is 20.5. The Morgan fingerprint density at radius 1 is 1.00 bits per heavy atom. The number of nitrogens with zero attached hydrogens (tertiary/aromatic N) is 4. The van der Waals surface area contributed by atoms with Gasteiger partial charge < -0.3 is 19.9 Å². The van der Waals surface area contributed by atoms with Crippen LogP contribution in [0.2, 0.25) is 0 Å². The number of piperidine rings is 1. The zero-order valence-electron chi connectivity index (χ0n) is 23.2. The van der Waals surface area contributed by atoms with Crippen LogP contribution in [-0.2, 0) is 16.1 Å². The molecule has 0 saturated carbocycles. The van der Waals surface area contributed by atoms with Crippen molar-refractivity contribution in [2.24, 2.45) is 5.92 Å². The molecule has 0 aliphatic carbocycles. The van der Waals surface area contributed by atoms with Crippen LogP contribution < -0.4 is 10.2 Å². The van der Waals surface area contributed by atoms with E-state index in [9.17, 15) is 14.4 Å². The van der Waals surface area contributed by atoms with Gasteiger partial charge in [-0.1, -0.05) is 42.5 Å². The van der Waals surface area contributed by atoms with Gasteiger partial charge in [0.25, 0.3) is 11.8 Å². The maximum atomic E-state index is 13.9. The molecule has 4 aromatic rings. The largest absolute Gasteiger partial charge is 0.453 e. The van der Waals surface area contributed by atoms with Crippen LogP contribution in [0.1, 0.15) is 62.9 Å². The molecule has 214 valence electrons. The minimum atomic E-state index is -0.709. The number of para-hydroxylation sites is 1. The van der Waals surface area contributed by atoms with Crippen molar-refractivity contribution < 1.29 is 19.1 Å². The Morgan fingerprint density at radius 2 is 1.74 bits per heavy atom. The number of likely N-dealkylation sites (tertiary alicyclic amines) is 1. The van der Waals surface area contributed by atoms with Crippen LogP contribution in [-0.4, -0.2) is 52.3 Å². The van der Waals surface area contributed by atoms with Crippen LogP contribution in [0.5, 0.6) is 0 Å². The minimum Gasteiger partial charge on any atom is -0.453 e. The Labute approximate surface area is 248 Å². The highest BCUT2D eigenvalue weighted by Gasteiger charge is 2.34. The summed E-state index contributed by atoms with van der Waals surface area (Å²) in [4.78, 5) is 51.7. The lowest BCUT2D eigenvalue weighted by molar-refractivity contribution is -0.144. The van der Waals surface area contributed by atoms with Crippen molar-refractivity contribution in [3.05, 3.63) is 106 Å². The third-order valence-corrected chi connectivity index (χ3v) is 8.55. The summed E-state index contributed by atoms with van der Waals surface area (Å²) < 4.78 is 5.73. The number of esters is 1. The van der Waals surface area contributed by atoms with Crippen molar-refractivity contribution in [3.8, 4) is 0 Å². The molecule has 2 aliphatic heterocycles. The van der Waals surface area contributed by atoms with Crippen LogP contribution >= 0.6 is 11.3 Å². The number of carbonyl (C=O) groups is 3. The molecule has 0 radical (unpaired) electrons. The van der Waals surface area contributed by atoms with Gasteiger partial charge in [0.05, 0.1) is 12.2 Å². The topological polar surface area (TPSA) is 105 Å². The van der Waals surface area contributed by atoms with Crippen molar-refractivity contribution >= 4 is 40.6 Å². The molecule has 1 fully saturated rings. The number of hydrogen-bond donors (Lipinski definition) is 1. The van der Waals surface area contributed by atoms with Crippen molar-refractivity contribution in [1.82, 2.24) is 14.9 Å². The lowest BCUT2D eigenvalue weighted by Crippen LogP contribution is -2.40. The summed E-state index contributed by atoms with van der Waals surface area (Å²) in [6.07, 6.45) is 2.88. The molecular formula is C32H31N5O4S. The molecular weight excluding hydrogens is 550 g/mol. The van der Waals surface area contributed by atoms with Crippen molar-refractivity contribution in [2.45, 2.75) is 32.4 Å². The van der Waals surface area contributed by atoms with Crippen LogP contribution in [0.4, 0.5) is 11.5 Å². The number of ether oxygens (including phenoxy) is 1. The summed E-state index contributed by atoms with van der Waals surface area (Å²) in [5, 5.41) is 5.81. The fourth-order valence-electron chi connectivity index (χ4n) is 5.58. The molecule has 1 atom stereocenters. The molecule has 1 unspecified atom stereocenters. The number of rotatable bonds is 7. The number of thiazole rings is 1. The first-order valence-corrected chi connectivity index (χ1v) is 14.9. The lowest BCUT2D eigenvalue weighted by Gasteiger charge is -2.31. The van der Waals surface area contributed by atoms with E-state index < -0.39 is 12.1 Å². The first kappa shape index (κ1) is 27.6. The van der Waals surface area contributed by atoms with Gasteiger partial charge in [0.15, 0.2) is 6.10 Å². The fraction of sp³-hybridized carbons (Fsp3) is 0.281. The van der Waals surface area contributed by atoms with E-state index in [0.717, 1.165) is 30.8 Å². The van der Waals surface area contributed by atoms with Gasteiger partial charge in [0.1, 0.15) is 16.5 Å². The summed E-state index contributed by atoms with van der Waals surface area (Å²) in [6.45, 7) is 3.73. The maximum Gasteiger partial charge on any atom is 0.303 e. The number of amides is 2. The molecule has 42 heavy (non-hydrogen) atoms. The molecule has 2 aliphatic rings. The predicted octanol–water partition coefficient (Wildman–Crippen LogP) is 5.32. The van der Waals surface area contributed by atoms with Crippen molar-refractivity contribution in [3.63, 3.8) is 0 Å². The standard InChI is InChI=1S/C32H31N5O4S/c1-21(38)41-30-23-8-2-3-9-24(23)31(39)37(27-11-5-4-10-25(27)30)19-29-35-26(20-42-29)32(40)36-16-13-22(14-17-36)18-34-28-12-6-7-15-33-28/h2-12,15,20,22,30H,13-14,16-19H2,1H3,(H,33,34). The van der Waals surface area contributed by atoms with Gasteiger partial charge in [-0.25, -0.2) is 9.97 Å². The molecule has 4 heterocycles. The molecule has 6 rings (SSSR count). The Balaban J connectivity index is 1.16. The number of fused-ring (bicyclic) bond motifs is 2. The molecule has 1 N–H and O–H groups in total. The summed E-state index contributed by atoms with van der Waals surface area (Å²) in [7, 11) is 0. The number of pyridine rings is 1. The van der Waals surface area contributed by atoms with Gasteiger partial charge in [0, 0.05) is 54.8 Å². The van der Waals surface area contributed by atoms with Gasteiger partial charge in [-0.2, -0.15) is 0 Å². The van der Waals surface area contributed by atoms with E-state index in [4.69, 9.17) is 4.74 Å². The number of nitrogens with one attached hydrogen (secondary N) is 1. The highest BCUT2D eigenvalue weighted by molar-refractivity contribution is 7.09. The van der Waals surface area contributed by atoms with Crippen LogP contribution in [0, 0.1) is 5.92 Å². The Morgan fingerprint density at radius 3 is 2.50 bits per heavy atom. The van der Waals surface area contributed by atoms with E-state index in [2.05, 4.69) is 15.3 Å². The summed E-state index contributed by atoms with van der Waals surface area (Å²) in [6, 6.07) is 20.4. The van der Waals surface area contributed by atoms with Crippen LogP contribution in [0.3, 0.4) is 0 Å². The zero-order chi connectivity index (χ0) is 29.1. The van der Waals surface area contributed by atoms with Crippen molar-refractivity contribution in [1.29, 1.82) is 0 Å². The van der Waals surface area contributed by atoms with E-state index in [1.165, 1.54) is 18.3 Å². The van der Waals surface area contributed by atoms with Crippen molar-refractivity contribution in [2.75, 3.05) is 29.9 Å². The number of hydrogen-bond acceptors (Lipinski definition) is 8. The third-order valence-electron chi connectivity index (χ3n) is 7.72. The van der Waals surface area contributed by atoms with Gasteiger partial charge in [-0.3, -0.25) is 14.4 Å². The van der Waals surface area contributed by atoms with E-state index in [1.807, 2.05) is 59.5 Å². The minimum absolute atomic E-state index is 0.0866. The SMILES string of the molecule is CC(=O)OC1c2ccccc2C(=O)N(Cc2nc(C(=O)N3CCC(CNc4ccccn4)CC3)cs2)c2ccccc21. The van der Waals surface area contributed by atoms with Gasteiger partial charge >= 0.3 is 5.97 Å². The Kier molecular flexibility index (Phi) is 7.96. The molecule has 0 spiro atoms. The monoisotopic (exact) mass is 581 g/mol. The number of aromatic nitrogens is 2. The first-order valence-electron chi connectivity index (χ1n) is 14.0.